The SMILES string of the molecule is Cc1ccc(O)c(CNCC2CCOC2C)c1. The summed E-state index contributed by atoms with van der Waals surface area (Å²) in [6.45, 7) is 6.72. The largest absolute Gasteiger partial charge is 0.508 e. The molecule has 2 rings (SSSR count). The molecule has 1 aromatic rings. The zero-order valence-corrected chi connectivity index (χ0v) is 10.6. The third-order valence-electron chi connectivity index (χ3n) is 3.49. The van der Waals surface area contributed by atoms with Crippen LogP contribution in [0.15, 0.2) is 18.2 Å². The molecule has 94 valence electrons. The van der Waals surface area contributed by atoms with Crippen LogP contribution in [0.5, 0.6) is 5.75 Å². The highest BCUT2D eigenvalue weighted by Gasteiger charge is 2.23. The molecule has 1 saturated heterocycles. The van der Waals surface area contributed by atoms with Gasteiger partial charge in [-0.1, -0.05) is 17.7 Å². The van der Waals surface area contributed by atoms with E-state index in [9.17, 15) is 5.11 Å². The first-order valence-electron chi connectivity index (χ1n) is 6.27. The van der Waals surface area contributed by atoms with Crippen molar-refractivity contribution in [2.24, 2.45) is 5.92 Å². The van der Waals surface area contributed by atoms with Gasteiger partial charge in [-0.05, 0) is 32.3 Å². The molecule has 0 bridgehead atoms. The first-order chi connectivity index (χ1) is 8.16. The van der Waals surface area contributed by atoms with Crippen LogP contribution in [-0.2, 0) is 11.3 Å². The van der Waals surface area contributed by atoms with E-state index in [1.165, 1.54) is 5.56 Å². The Hall–Kier alpha value is -1.06. The second-order valence-electron chi connectivity index (χ2n) is 4.89. The molecule has 17 heavy (non-hydrogen) atoms. The predicted octanol–water partition coefficient (Wildman–Crippen LogP) is 2.22. The number of phenols is 1. The number of ether oxygens (including phenoxy) is 1. The first kappa shape index (κ1) is 12.4. The van der Waals surface area contributed by atoms with Crippen LogP contribution < -0.4 is 5.32 Å². The Labute approximate surface area is 103 Å². The van der Waals surface area contributed by atoms with Crippen molar-refractivity contribution >= 4 is 0 Å². The average molecular weight is 235 g/mol. The molecule has 1 aromatic carbocycles. The van der Waals surface area contributed by atoms with Gasteiger partial charge in [-0.15, -0.1) is 0 Å². The number of phenolic OH excluding ortho intramolecular Hbond substituents is 1. The van der Waals surface area contributed by atoms with Crippen LogP contribution in [0.1, 0.15) is 24.5 Å². The fraction of sp³-hybridized carbons (Fsp3) is 0.571. The van der Waals surface area contributed by atoms with Crippen molar-refractivity contribution in [2.75, 3.05) is 13.2 Å². The molecule has 2 unspecified atom stereocenters. The molecule has 0 amide bonds. The Morgan fingerprint density at radius 2 is 2.29 bits per heavy atom. The fourth-order valence-corrected chi connectivity index (χ4v) is 2.29. The lowest BCUT2D eigenvalue weighted by atomic mass is 10.0. The number of benzene rings is 1. The summed E-state index contributed by atoms with van der Waals surface area (Å²) in [5, 5.41) is 13.1. The lowest BCUT2D eigenvalue weighted by Crippen LogP contribution is -2.26. The summed E-state index contributed by atoms with van der Waals surface area (Å²) in [5.74, 6) is 0.973. The molecule has 0 aliphatic carbocycles. The second-order valence-corrected chi connectivity index (χ2v) is 4.89. The van der Waals surface area contributed by atoms with Crippen LogP contribution >= 0.6 is 0 Å². The van der Waals surface area contributed by atoms with Crippen molar-refractivity contribution in [3.8, 4) is 5.75 Å². The summed E-state index contributed by atoms with van der Waals surface area (Å²) in [6.07, 6.45) is 1.49. The Kier molecular flexibility index (Phi) is 4.02. The first-order valence-corrected chi connectivity index (χ1v) is 6.27. The van der Waals surface area contributed by atoms with Crippen molar-refractivity contribution < 1.29 is 9.84 Å². The van der Waals surface area contributed by atoms with Gasteiger partial charge < -0.3 is 15.2 Å². The Bertz CT molecular complexity index is 378. The molecule has 0 radical (unpaired) electrons. The van der Waals surface area contributed by atoms with Crippen molar-refractivity contribution in [1.82, 2.24) is 5.32 Å². The molecule has 1 heterocycles. The molecule has 0 spiro atoms. The fourth-order valence-electron chi connectivity index (χ4n) is 2.29. The van der Waals surface area contributed by atoms with Gasteiger partial charge in [-0.3, -0.25) is 0 Å². The highest BCUT2D eigenvalue weighted by atomic mass is 16.5. The summed E-state index contributed by atoms with van der Waals surface area (Å²) in [7, 11) is 0. The van der Waals surface area contributed by atoms with Crippen molar-refractivity contribution in [3.63, 3.8) is 0 Å². The highest BCUT2D eigenvalue weighted by Crippen LogP contribution is 2.21. The monoisotopic (exact) mass is 235 g/mol. The van der Waals surface area contributed by atoms with E-state index in [2.05, 4.69) is 12.2 Å². The van der Waals surface area contributed by atoms with Crippen LogP contribution in [0, 0.1) is 12.8 Å². The predicted molar refractivity (Wildman–Crippen MR) is 68.1 cm³/mol. The Balaban J connectivity index is 1.83. The smallest absolute Gasteiger partial charge is 0.120 e. The number of hydrogen-bond donors (Lipinski definition) is 2. The van der Waals surface area contributed by atoms with Crippen LogP contribution in [0.3, 0.4) is 0 Å². The number of hydrogen-bond acceptors (Lipinski definition) is 3. The maximum atomic E-state index is 9.71. The Morgan fingerprint density at radius 1 is 1.47 bits per heavy atom. The molecule has 3 nitrogen and oxygen atoms in total. The third-order valence-corrected chi connectivity index (χ3v) is 3.49. The maximum Gasteiger partial charge on any atom is 0.120 e. The maximum absolute atomic E-state index is 9.71. The normalized spacial score (nSPS) is 24.1. The van der Waals surface area contributed by atoms with Gasteiger partial charge in [0, 0.05) is 25.3 Å². The molecule has 0 aromatic heterocycles. The lowest BCUT2D eigenvalue weighted by Gasteiger charge is -2.15. The summed E-state index contributed by atoms with van der Waals surface area (Å²) in [6, 6.07) is 5.70. The molecule has 3 heteroatoms. The zero-order valence-electron chi connectivity index (χ0n) is 10.6. The summed E-state index contributed by atoms with van der Waals surface area (Å²) >= 11 is 0. The molecule has 2 N–H and O–H groups in total. The van der Waals surface area contributed by atoms with Gasteiger partial charge >= 0.3 is 0 Å². The van der Waals surface area contributed by atoms with E-state index in [0.29, 0.717) is 17.8 Å². The molecule has 2 atom stereocenters. The van der Waals surface area contributed by atoms with Crippen molar-refractivity contribution in [2.45, 2.75) is 32.9 Å². The minimum atomic E-state index is 0.355. The van der Waals surface area contributed by atoms with Gasteiger partial charge in [0.15, 0.2) is 0 Å². The van der Waals surface area contributed by atoms with E-state index < -0.39 is 0 Å². The topological polar surface area (TPSA) is 41.5 Å². The molecular formula is C14H21NO2. The van der Waals surface area contributed by atoms with Crippen LogP contribution in [0.4, 0.5) is 0 Å². The second kappa shape index (κ2) is 5.52. The summed E-state index contributed by atoms with van der Waals surface area (Å²) in [5.41, 5.74) is 2.15. The standard InChI is InChI=1S/C14H21NO2/c1-10-3-4-14(16)13(7-10)9-15-8-12-5-6-17-11(12)2/h3-4,7,11-12,15-16H,5-6,8-9H2,1-2H3. The van der Waals surface area contributed by atoms with Gasteiger partial charge in [0.2, 0.25) is 0 Å². The van der Waals surface area contributed by atoms with E-state index in [1.807, 2.05) is 19.1 Å². The van der Waals surface area contributed by atoms with E-state index in [-0.39, 0.29) is 0 Å². The highest BCUT2D eigenvalue weighted by molar-refractivity contribution is 5.35. The molecular weight excluding hydrogens is 214 g/mol. The van der Waals surface area contributed by atoms with E-state index >= 15 is 0 Å². The number of nitrogens with one attached hydrogen (secondary N) is 1. The molecule has 0 saturated carbocycles. The molecule has 1 aliphatic rings. The minimum absolute atomic E-state index is 0.355. The van der Waals surface area contributed by atoms with Gasteiger partial charge in [0.25, 0.3) is 0 Å². The van der Waals surface area contributed by atoms with Crippen LogP contribution in [0.2, 0.25) is 0 Å². The van der Waals surface area contributed by atoms with E-state index in [0.717, 1.165) is 31.7 Å². The van der Waals surface area contributed by atoms with Gasteiger partial charge in [-0.2, -0.15) is 0 Å². The Morgan fingerprint density at radius 3 is 3.00 bits per heavy atom. The number of aryl methyl sites for hydroxylation is 1. The number of rotatable bonds is 4. The zero-order chi connectivity index (χ0) is 12.3. The van der Waals surface area contributed by atoms with Crippen molar-refractivity contribution in [1.29, 1.82) is 0 Å². The average Bonchev–Trinajstić information content (AvgIpc) is 2.70. The van der Waals surface area contributed by atoms with Crippen molar-refractivity contribution in [3.05, 3.63) is 29.3 Å². The van der Waals surface area contributed by atoms with Gasteiger partial charge in [0.05, 0.1) is 6.10 Å². The molecule has 1 aliphatic heterocycles. The third kappa shape index (κ3) is 3.20. The minimum Gasteiger partial charge on any atom is -0.508 e. The summed E-state index contributed by atoms with van der Waals surface area (Å²) in [4.78, 5) is 0. The summed E-state index contributed by atoms with van der Waals surface area (Å²) < 4.78 is 5.52. The van der Waals surface area contributed by atoms with Gasteiger partial charge in [-0.25, -0.2) is 0 Å². The molecule has 1 fully saturated rings. The van der Waals surface area contributed by atoms with E-state index in [1.54, 1.807) is 6.07 Å². The van der Waals surface area contributed by atoms with Gasteiger partial charge in [0.1, 0.15) is 5.75 Å². The van der Waals surface area contributed by atoms with Crippen LogP contribution in [-0.4, -0.2) is 24.4 Å². The van der Waals surface area contributed by atoms with E-state index in [4.69, 9.17) is 4.74 Å². The quantitative estimate of drug-likeness (QED) is 0.840. The number of aromatic hydroxyl groups is 1. The van der Waals surface area contributed by atoms with Crippen LogP contribution in [0.25, 0.3) is 0 Å². The lowest BCUT2D eigenvalue weighted by molar-refractivity contribution is 0.105.